The molecule has 0 aliphatic carbocycles. The number of urea groups is 1. The molecule has 2 rings (SSSR count). The van der Waals surface area contributed by atoms with E-state index in [0.29, 0.717) is 6.54 Å². The zero-order valence-corrected chi connectivity index (χ0v) is 13.1. The number of nitrogens with zero attached hydrogens (tertiary/aromatic N) is 2. The lowest BCUT2D eigenvalue weighted by Crippen LogP contribution is -2.29. The highest BCUT2D eigenvalue weighted by Crippen LogP contribution is 2.11. The van der Waals surface area contributed by atoms with Crippen molar-refractivity contribution >= 4 is 11.7 Å². The molecule has 0 atom stereocenters. The van der Waals surface area contributed by atoms with E-state index in [0.717, 1.165) is 30.6 Å². The van der Waals surface area contributed by atoms with Gasteiger partial charge in [0.15, 0.2) is 0 Å². The lowest BCUT2D eigenvalue weighted by molar-refractivity contribution is 0.252. The van der Waals surface area contributed by atoms with Gasteiger partial charge in [0, 0.05) is 24.6 Å². The van der Waals surface area contributed by atoms with Crippen molar-refractivity contribution in [3.05, 3.63) is 48.3 Å². The summed E-state index contributed by atoms with van der Waals surface area (Å²) >= 11 is 0. The summed E-state index contributed by atoms with van der Waals surface area (Å²) in [6.07, 6.45) is 8.29. The molecule has 5 heteroatoms. The number of hydrogen-bond donors (Lipinski definition) is 2. The molecule has 2 N–H and O–H groups in total. The van der Waals surface area contributed by atoms with Crippen LogP contribution in [0.15, 0.2) is 42.7 Å². The highest BCUT2D eigenvalue weighted by molar-refractivity contribution is 5.89. The molecule has 0 aliphatic heterocycles. The number of benzene rings is 1. The van der Waals surface area contributed by atoms with E-state index in [-0.39, 0.29) is 6.03 Å². The Hall–Kier alpha value is -2.30. The van der Waals surface area contributed by atoms with Gasteiger partial charge in [-0.1, -0.05) is 38.3 Å². The normalized spacial score (nSPS) is 10.4. The largest absolute Gasteiger partial charge is 0.338 e. The number of hydrogen-bond acceptors (Lipinski definition) is 2. The molecule has 0 unspecified atom stereocenters. The molecule has 118 valence electrons. The van der Waals surface area contributed by atoms with Crippen molar-refractivity contribution in [3.63, 3.8) is 0 Å². The highest BCUT2D eigenvalue weighted by Gasteiger charge is 2.02. The molecule has 22 heavy (non-hydrogen) atoms. The average molecular weight is 300 g/mol. The van der Waals surface area contributed by atoms with Gasteiger partial charge in [0.05, 0.1) is 6.54 Å². The van der Waals surface area contributed by atoms with Crippen LogP contribution in [0.3, 0.4) is 0 Å². The number of anilines is 1. The van der Waals surface area contributed by atoms with Crippen molar-refractivity contribution in [1.29, 1.82) is 0 Å². The van der Waals surface area contributed by atoms with Gasteiger partial charge in [0.1, 0.15) is 0 Å². The van der Waals surface area contributed by atoms with Crippen LogP contribution < -0.4 is 10.6 Å². The van der Waals surface area contributed by atoms with Crippen molar-refractivity contribution < 1.29 is 4.79 Å². The Balaban J connectivity index is 1.78. The van der Waals surface area contributed by atoms with Gasteiger partial charge in [-0.05, 0) is 30.2 Å². The fourth-order valence-electron chi connectivity index (χ4n) is 2.26. The standard InChI is InChI=1S/C17H24N4O/c1-2-3-4-5-10-18-17(22)20-16-9-6-8-15(13-16)14-21-12-7-11-19-21/h6-9,11-13H,2-5,10,14H2,1H3,(H2,18,20,22). The van der Waals surface area contributed by atoms with Crippen LogP contribution in [0.2, 0.25) is 0 Å². The predicted molar refractivity (Wildman–Crippen MR) is 88.9 cm³/mol. The van der Waals surface area contributed by atoms with Gasteiger partial charge in [0.25, 0.3) is 0 Å². The Morgan fingerprint density at radius 1 is 1.23 bits per heavy atom. The summed E-state index contributed by atoms with van der Waals surface area (Å²) in [6, 6.07) is 9.58. The quantitative estimate of drug-likeness (QED) is 0.731. The molecule has 2 aromatic rings. The summed E-state index contributed by atoms with van der Waals surface area (Å²) in [5.41, 5.74) is 1.90. The molecule has 1 aromatic carbocycles. The molecule has 0 aliphatic rings. The summed E-state index contributed by atoms with van der Waals surface area (Å²) in [6.45, 7) is 3.59. The van der Waals surface area contributed by atoms with Crippen LogP contribution in [-0.2, 0) is 6.54 Å². The van der Waals surface area contributed by atoms with E-state index in [1.807, 2.05) is 41.2 Å². The van der Waals surface area contributed by atoms with Gasteiger partial charge >= 0.3 is 6.03 Å². The molecule has 1 aromatic heterocycles. The van der Waals surface area contributed by atoms with Gasteiger partial charge in [-0.25, -0.2) is 4.79 Å². The molecule has 2 amide bonds. The van der Waals surface area contributed by atoms with Gasteiger partial charge in [-0.2, -0.15) is 5.10 Å². The van der Waals surface area contributed by atoms with Gasteiger partial charge in [-0.15, -0.1) is 0 Å². The maximum atomic E-state index is 11.8. The van der Waals surface area contributed by atoms with E-state index in [1.54, 1.807) is 6.20 Å². The van der Waals surface area contributed by atoms with Crippen molar-refractivity contribution in [2.24, 2.45) is 0 Å². The van der Waals surface area contributed by atoms with Crippen molar-refractivity contribution in [2.75, 3.05) is 11.9 Å². The summed E-state index contributed by atoms with van der Waals surface area (Å²) in [5, 5.41) is 9.94. The summed E-state index contributed by atoms with van der Waals surface area (Å²) < 4.78 is 1.85. The summed E-state index contributed by atoms with van der Waals surface area (Å²) in [5.74, 6) is 0. The number of carbonyl (C=O) groups excluding carboxylic acids is 1. The highest BCUT2D eigenvalue weighted by atomic mass is 16.2. The van der Waals surface area contributed by atoms with E-state index in [1.165, 1.54) is 12.8 Å². The number of nitrogens with one attached hydrogen (secondary N) is 2. The second kappa shape index (κ2) is 8.87. The third kappa shape index (κ3) is 5.60. The molecule has 0 fully saturated rings. The smallest absolute Gasteiger partial charge is 0.319 e. The zero-order valence-electron chi connectivity index (χ0n) is 13.1. The number of amides is 2. The number of carbonyl (C=O) groups is 1. The number of aromatic nitrogens is 2. The van der Waals surface area contributed by atoms with Crippen LogP contribution in [0, 0.1) is 0 Å². The molecule has 0 radical (unpaired) electrons. The van der Waals surface area contributed by atoms with E-state index >= 15 is 0 Å². The first-order valence-corrected chi connectivity index (χ1v) is 7.89. The Labute approximate surface area is 131 Å². The monoisotopic (exact) mass is 300 g/mol. The van der Waals surface area contributed by atoms with Gasteiger partial charge in [-0.3, -0.25) is 4.68 Å². The number of unbranched alkanes of at least 4 members (excludes halogenated alkanes) is 3. The molecular formula is C17H24N4O. The molecule has 0 saturated heterocycles. The molecule has 0 spiro atoms. The minimum Gasteiger partial charge on any atom is -0.338 e. The van der Waals surface area contributed by atoms with E-state index in [9.17, 15) is 4.79 Å². The second-order valence-electron chi connectivity index (χ2n) is 5.35. The first-order valence-electron chi connectivity index (χ1n) is 7.89. The molecular weight excluding hydrogens is 276 g/mol. The maximum absolute atomic E-state index is 11.8. The minimum absolute atomic E-state index is 0.146. The van der Waals surface area contributed by atoms with Crippen LogP contribution in [0.1, 0.15) is 38.2 Å². The van der Waals surface area contributed by atoms with E-state index in [2.05, 4.69) is 22.7 Å². The van der Waals surface area contributed by atoms with Crippen LogP contribution in [-0.4, -0.2) is 22.4 Å². The van der Waals surface area contributed by atoms with Crippen LogP contribution in [0.25, 0.3) is 0 Å². The Kier molecular flexibility index (Phi) is 6.48. The SMILES string of the molecule is CCCCCCNC(=O)Nc1cccc(Cn2cccn2)c1. The fourth-order valence-corrected chi connectivity index (χ4v) is 2.26. The molecule has 0 bridgehead atoms. The molecule has 0 saturated carbocycles. The summed E-state index contributed by atoms with van der Waals surface area (Å²) in [4.78, 5) is 11.8. The molecule has 5 nitrogen and oxygen atoms in total. The van der Waals surface area contributed by atoms with Crippen molar-refractivity contribution in [1.82, 2.24) is 15.1 Å². The van der Waals surface area contributed by atoms with Crippen molar-refractivity contribution in [2.45, 2.75) is 39.2 Å². The van der Waals surface area contributed by atoms with Crippen LogP contribution in [0.4, 0.5) is 10.5 Å². The minimum atomic E-state index is -0.146. The molecule has 1 heterocycles. The Morgan fingerprint density at radius 2 is 2.14 bits per heavy atom. The Bertz CT molecular complexity index is 566. The predicted octanol–water partition coefficient (Wildman–Crippen LogP) is 3.63. The van der Waals surface area contributed by atoms with Crippen LogP contribution >= 0.6 is 0 Å². The van der Waals surface area contributed by atoms with Crippen LogP contribution in [0.5, 0.6) is 0 Å². The second-order valence-corrected chi connectivity index (χ2v) is 5.35. The first kappa shape index (κ1) is 16.1. The fraction of sp³-hybridized carbons (Fsp3) is 0.412. The van der Waals surface area contributed by atoms with Gasteiger partial charge in [0.2, 0.25) is 0 Å². The topological polar surface area (TPSA) is 59.0 Å². The number of rotatable bonds is 8. The van der Waals surface area contributed by atoms with E-state index in [4.69, 9.17) is 0 Å². The summed E-state index contributed by atoms with van der Waals surface area (Å²) in [7, 11) is 0. The van der Waals surface area contributed by atoms with Gasteiger partial charge < -0.3 is 10.6 Å². The maximum Gasteiger partial charge on any atom is 0.319 e. The third-order valence-corrected chi connectivity index (χ3v) is 3.40. The lowest BCUT2D eigenvalue weighted by atomic mass is 10.2. The Morgan fingerprint density at radius 3 is 2.91 bits per heavy atom. The first-order chi connectivity index (χ1) is 10.8. The zero-order chi connectivity index (χ0) is 15.6. The lowest BCUT2D eigenvalue weighted by Gasteiger charge is -2.09. The third-order valence-electron chi connectivity index (χ3n) is 3.40. The van der Waals surface area contributed by atoms with Crippen molar-refractivity contribution in [3.8, 4) is 0 Å². The van der Waals surface area contributed by atoms with E-state index < -0.39 is 0 Å². The average Bonchev–Trinajstić information content (AvgIpc) is 3.00.